The number of aromatic nitrogens is 2. The maximum atomic E-state index is 5.62. The Hall–Kier alpha value is -1.45. The third kappa shape index (κ3) is 3.28. The van der Waals surface area contributed by atoms with Crippen molar-refractivity contribution in [3.8, 4) is 11.3 Å². The topological polar surface area (TPSA) is 51.8 Å². The second-order valence-corrected chi connectivity index (χ2v) is 4.05. The van der Waals surface area contributed by atoms with Crippen molar-refractivity contribution in [1.82, 2.24) is 9.97 Å². The van der Waals surface area contributed by atoms with Gasteiger partial charge in [-0.3, -0.25) is 0 Å². The summed E-state index contributed by atoms with van der Waals surface area (Å²) < 4.78 is 0. The van der Waals surface area contributed by atoms with E-state index in [-0.39, 0.29) is 12.4 Å². The zero-order valence-corrected chi connectivity index (χ0v) is 11.5. The van der Waals surface area contributed by atoms with Crippen LogP contribution in [0.3, 0.4) is 0 Å². The van der Waals surface area contributed by atoms with Crippen molar-refractivity contribution in [3.05, 3.63) is 47.4 Å². The van der Waals surface area contributed by atoms with Gasteiger partial charge in [0.25, 0.3) is 0 Å². The van der Waals surface area contributed by atoms with Crippen LogP contribution in [0.2, 0.25) is 0 Å². The van der Waals surface area contributed by atoms with E-state index in [4.69, 9.17) is 5.73 Å². The lowest BCUT2D eigenvalue weighted by molar-refractivity contribution is 0.929. The normalized spacial score (nSPS) is 9.94. The van der Waals surface area contributed by atoms with Crippen molar-refractivity contribution in [3.63, 3.8) is 0 Å². The molecule has 18 heavy (non-hydrogen) atoms. The highest BCUT2D eigenvalue weighted by atomic mass is 35.5. The highest BCUT2D eigenvalue weighted by Gasteiger charge is 2.03. The molecule has 0 radical (unpaired) electrons. The highest BCUT2D eigenvalue weighted by molar-refractivity contribution is 5.85. The Morgan fingerprint density at radius 1 is 1.11 bits per heavy atom. The lowest BCUT2D eigenvalue weighted by Crippen LogP contribution is -2.03. The molecule has 2 rings (SSSR count). The molecule has 96 valence electrons. The first-order valence-electron chi connectivity index (χ1n) is 5.87. The van der Waals surface area contributed by atoms with E-state index in [1.54, 1.807) is 0 Å². The van der Waals surface area contributed by atoms with E-state index >= 15 is 0 Å². The van der Waals surface area contributed by atoms with E-state index in [1.807, 2.05) is 13.0 Å². The first-order valence-corrected chi connectivity index (χ1v) is 5.87. The van der Waals surface area contributed by atoms with Gasteiger partial charge in [0, 0.05) is 12.1 Å². The van der Waals surface area contributed by atoms with Gasteiger partial charge >= 0.3 is 0 Å². The first kappa shape index (κ1) is 14.6. The standard InChI is InChI=1S/C14H17N3.ClH/c1-3-11-4-6-12(7-5-11)14-8-13(9-15)16-10(2)17-14;/h4-8H,3,9,15H2,1-2H3;1H. The summed E-state index contributed by atoms with van der Waals surface area (Å²) in [5.74, 6) is 0.766. The Labute approximate surface area is 114 Å². The molecule has 2 aromatic rings. The maximum Gasteiger partial charge on any atom is 0.126 e. The number of aryl methyl sites for hydroxylation is 2. The molecule has 0 amide bonds. The number of hydrogen-bond acceptors (Lipinski definition) is 3. The lowest BCUT2D eigenvalue weighted by Gasteiger charge is -2.05. The molecule has 0 aliphatic carbocycles. The Balaban J connectivity index is 0.00000162. The van der Waals surface area contributed by atoms with Crippen LogP contribution in [0.25, 0.3) is 11.3 Å². The summed E-state index contributed by atoms with van der Waals surface area (Å²) in [6.45, 7) is 4.49. The number of halogens is 1. The Morgan fingerprint density at radius 2 is 1.78 bits per heavy atom. The number of rotatable bonds is 3. The summed E-state index contributed by atoms with van der Waals surface area (Å²) in [5.41, 5.74) is 9.89. The molecule has 4 heteroatoms. The van der Waals surface area contributed by atoms with Gasteiger partial charge in [0.1, 0.15) is 5.82 Å². The number of nitrogens with zero attached hydrogens (tertiary/aromatic N) is 2. The Bertz CT molecular complexity index is 509. The number of nitrogens with two attached hydrogens (primary N) is 1. The molecule has 3 nitrogen and oxygen atoms in total. The monoisotopic (exact) mass is 263 g/mol. The van der Waals surface area contributed by atoms with Crippen LogP contribution in [-0.2, 0) is 13.0 Å². The third-order valence-corrected chi connectivity index (χ3v) is 2.76. The fourth-order valence-electron chi connectivity index (χ4n) is 1.79. The van der Waals surface area contributed by atoms with Gasteiger partial charge in [-0.2, -0.15) is 0 Å². The minimum atomic E-state index is 0. The van der Waals surface area contributed by atoms with Crippen LogP contribution in [0.1, 0.15) is 24.0 Å². The fraction of sp³-hybridized carbons (Fsp3) is 0.286. The van der Waals surface area contributed by atoms with E-state index in [0.29, 0.717) is 6.54 Å². The van der Waals surface area contributed by atoms with Crippen LogP contribution >= 0.6 is 12.4 Å². The van der Waals surface area contributed by atoms with Crippen molar-refractivity contribution in [2.75, 3.05) is 0 Å². The highest BCUT2D eigenvalue weighted by Crippen LogP contribution is 2.18. The average molecular weight is 264 g/mol. The van der Waals surface area contributed by atoms with Gasteiger partial charge in [-0.15, -0.1) is 12.4 Å². The molecule has 0 saturated carbocycles. The molecule has 1 aromatic heterocycles. The summed E-state index contributed by atoms with van der Waals surface area (Å²) in [5, 5.41) is 0. The molecule has 0 atom stereocenters. The van der Waals surface area contributed by atoms with Gasteiger partial charge in [0.05, 0.1) is 11.4 Å². The molecule has 1 heterocycles. The summed E-state index contributed by atoms with van der Waals surface area (Å²) in [6.07, 6.45) is 1.05. The molecular weight excluding hydrogens is 246 g/mol. The van der Waals surface area contributed by atoms with Crippen LogP contribution in [0, 0.1) is 6.92 Å². The van der Waals surface area contributed by atoms with E-state index in [1.165, 1.54) is 5.56 Å². The zero-order valence-electron chi connectivity index (χ0n) is 10.7. The summed E-state index contributed by atoms with van der Waals surface area (Å²) in [7, 11) is 0. The van der Waals surface area contributed by atoms with E-state index < -0.39 is 0 Å². The molecule has 0 fully saturated rings. The lowest BCUT2D eigenvalue weighted by atomic mass is 10.1. The van der Waals surface area contributed by atoms with Crippen molar-refractivity contribution < 1.29 is 0 Å². The summed E-state index contributed by atoms with van der Waals surface area (Å²) in [6, 6.07) is 10.4. The second kappa shape index (κ2) is 6.47. The molecule has 0 bridgehead atoms. The third-order valence-electron chi connectivity index (χ3n) is 2.76. The minimum absolute atomic E-state index is 0. The average Bonchev–Trinajstić information content (AvgIpc) is 2.38. The summed E-state index contributed by atoms with van der Waals surface area (Å²) in [4.78, 5) is 8.72. The van der Waals surface area contributed by atoms with Crippen LogP contribution in [0.5, 0.6) is 0 Å². The van der Waals surface area contributed by atoms with Gasteiger partial charge in [0.2, 0.25) is 0 Å². The van der Waals surface area contributed by atoms with Crippen LogP contribution < -0.4 is 5.73 Å². The molecule has 0 unspecified atom stereocenters. The minimum Gasteiger partial charge on any atom is -0.325 e. The Morgan fingerprint density at radius 3 is 2.33 bits per heavy atom. The zero-order chi connectivity index (χ0) is 12.3. The predicted octanol–water partition coefficient (Wildman–Crippen LogP) is 2.89. The van der Waals surface area contributed by atoms with Crippen LogP contribution in [-0.4, -0.2) is 9.97 Å². The largest absolute Gasteiger partial charge is 0.325 e. The van der Waals surface area contributed by atoms with E-state index in [2.05, 4.69) is 41.2 Å². The van der Waals surface area contributed by atoms with Crippen LogP contribution in [0.15, 0.2) is 30.3 Å². The molecular formula is C14H18ClN3. The predicted molar refractivity (Wildman–Crippen MR) is 76.7 cm³/mol. The molecule has 0 saturated heterocycles. The Kier molecular flexibility index (Phi) is 5.25. The first-order chi connectivity index (χ1) is 8.22. The second-order valence-electron chi connectivity index (χ2n) is 4.05. The van der Waals surface area contributed by atoms with Gasteiger partial charge in [-0.25, -0.2) is 9.97 Å². The molecule has 0 aliphatic heterocycles. The SMILES string of the molecule is CCc1ccc(-c2cc(CN)nc(C)n2)cc1.Cl. The van der Waals surface area contributed by atoms with Crippen LogP contribution in [0.4, 0.5) is 0 Å². The van der Waals surface area contributed by atoms with Crippen molar-refractivity contribution >= 4 is 12.4 Å². The van der Waals surface area contributed by atoms with Crippen molar-refractivity contribution in [2.24, 2.45) is 5.73 Å². The molecule has 0 aliphatic rings. The van der Waals surface area contributed by atoms with Crippen molar-refractivity contribution in [2.45, 2.75) is 26.8 Å². The fourth-order valence-corrected chi connectivity index (χ4v) is 1.79. The molecule has 2 N–H and O–H groups in total. The van der Waals surface area contributed by atoms with Gasteiger partial charge in [0.15, 0.2) is 0 Å². The number of benzene rings is 1. The van der Waals surface area contributed by atoms with Gasteiger partial charge < -0.3 is 5.73 Å². The smallest absolute Gasteiger partial charge is 0.126 e. The van der Waals surface area contributed by atoms with Gasteiger partial charge in [-0.1, -0.05) is 31.2 Å². The quantitative estimate of drug-likeness (QED) is 0.926. The maximum absolute atomic E-state index is 5.62. The van der Waals surface area contributed by atoms with Gasteiger partial charge in [-0.05, 0) is 25.0 Å². The summed E-state index contributed by atoms with van der Waals surface area (Å²) >= 11 is 0. The molecule has 1 aromatic carbocycles. The number of hydrogen-bond donors (Lipinski definition) is 1. The molecule has 0 spiro atoms. The van der Waals surface area contributed by atoms with Crippen molar-refractivity contribution in [1.29, 1.82) is 0 Å². The van der Waals surface area contributed by atoms with E-state index in [9.17, 15) is 0 Å². The van der Waals surface area contributed by atoms with E-state index in [0.717, 1.165) is 29.2 Å².